The summed E-state index contributed by atoms with van der Waals surface area (Å²) >= 11 is 0. The zero-order chi connectivity index (χ0) is 13.9. The third kappa shape index (κ3) is 2.69. The summed E-state index contributed by atoms with van der Waals surface area (Å²) in [6.07, 6.45) is 2.24. The maximum atomic E-state index is 10.6. The molecule has 0 saturated carbocycles. The summed E-state index contributed by atoms with van der Waals surface area (Å²) < 4.78 is 11.5. The van der Waals surface area contributed by atoms with Gasteiger partial charge < -0.3 is 8.84 Å². The van der Waals surface area contributed by atoms with Gasteiger partial charge in [-0.25, -0.2) is 0 Å². The summed E-state index contributed by atoms with van der Waals surface area (Å²) in [5.41, 5.74) is 1.52. The maximum absolute atomic E-state index is 10.6. The van der Waals surface area contributed by atoms with E-state index in [1.807, 2.05) is 0 Å². The number of rotatable bonds is 6. The molecule has 18 heavy (non-hydrogen) atoms. The Labute approximate surface area is 111 Å². The topological polar surface area (TPSA) is 39.4 Å². The molecule has 1 aromatic rings. The smallest absolute Gasteiger partial charge is 0.258 e. The standard InChI is InChI=1S/C14H24O3Si/c1-10(2)18(11(3)4,12(5)6)17-14-7-13(8-15)16-9-14/h7-12H,1-6H3. The molecule has 0 unspecified atom stereocenters. The number of aldehydes is 1. The summed E-state index contributed by atoms with van der Waals surface area (Å²) in [7, 11) is -1.94. The van der Waals surface area contributed by atoms with Crippen molar-refractivity contribution in [1.29, 1.82) is 0 Å². The van der Waals surface area contributed by atoms with E-state index in [1.165, 1.54) is 0 Å². The van der Waals surface area contributed by atoms with E-state index >= 15 is 0 Å². The molecule has 4 heteroatoms. The van der Waals surface area contributed by atoms with Crippen LogP contribution in [0, 0.1) is 0 Å². The fraction of sp³-hybridized carbons (Fsp3) is 0.643. The van der Waals surface area contributed by atoms with E-state index in [-0.39, 0.29) is 0 Å². The Morgan fingerprint density at radius 2 is 1.61 bits per heavy atom. The summed E-state index contributed by atoms with van der Waals surface area (Å²) in [4.78, 5) is 10.6. The molecule has 0 aliphatic heterocycles. The molecule has 0 N–H and O–H groups in total. The van der Waals surface area contributed by atoms with Crippen molar-refractivity contribution in [2.75, 3.05) is 0 Å². The lowest BCUT2D eigenvalue weighted by Gasteiger charge is -2.41. The van der Waals surface area contributed by atoms with E-state index in [4.69, 9.17) is 8.84 Å². The molecular formula is C14H24O3Si. The third-order valence-corrected chi connectivity index (χ3v) is 9.72. The van der Waals surface area contributed by atoms with Crippen LogP contribution in [0.3, 0.4) is 0 Å². The van der Waals surface area contributed by atoms with Gasteiger partial charge >= 0.3 is 0 Å². The minimum atomic E-state index is -1.94. The molecule has 1 heterocycles. The molecule has 0 bridgehead atoms. The van der Waals surface area contributed by atoms with Crippen molar-refractivity contribution in [3.8, 4) is 5.75 Å². The predicted molar refractivity (Wildman–Crippen MR) is 75.8 cm³/mol. The molecule has 0 amide bonds. The van der Waals surface area contributed by atoms with E-state index < -0.39 is 8.32 Å². The highest BCUT2D eigenvalue weighted by Crippen LogP contribution is 2.42. The predicted octanol–water partition coefficient (Wildman–Crippen LogP) is 4.65. The average Bonchev–Trinajstić information content (AvgIpc) is 2.71. The van der Waals surface area contributed by atoms with E-state index in [0.717, 1.165) is 0 Å². The molecule has 102 valence electrons. The van der Waals surface area contributed by atoms with Crippen molar-refractivity contribution >= 4 is 14.6 Å². The SMILES string of the molecule is CC(C)[Si](Oc1coc(C=O)c1)(C(C)C)C(C)C. The fourth-order valence-corrected chi connectivity index (χ4v) is 8.23. The minimum absolute atomic E-state index is 0.323. The number of furan rings is 1. The van der Waals surface area contributed by atoms with Crippen LogP contribution < -0.4 is 4.43 Å². The van der Waals surface area contributed by atoms with Crippen LogP contribution in [0.5, 0.6) is 5.75 Å². The highest BCUT2D eigenvalue weighted by atomic mass is 28.4. The van der Waals surface area contributed by atoms with Gasteiger partial charge in [-0.2, -0.15) is 0 Å². The second-order valence-electron chi connectivity index (χ2n) is 5.72. The number of hydrogen-bond acceptors (Lipinski definition) is 3. The first-order valence-electron chi connectivity index (χ1n) is 6.57. The molecule has 0 aromatic carbocycles. The molecule has 0 saturated heterocycles. The van der Waals surface area contributed by atoms with Crippen molar-refractivity contribution in [3.63, 3.8) is 0 Å². The van der Waals surface area contributed by atoms with Gasteiger partial charge in [0, 0.05) is 6.07 Å². The lowest BCUT2D eigenvalue weighted by atomic mass is 10.5. The van der Waals surface area contributed by atoms with Crippen LogP contribution in [0.2, 0.25) is 16.6 Å². The van der Waals surface area contributed by atoms with Gasteiger partial charge in [0.25, 0.3) is 8.32 Å². The Bertz CT molecular complexity index is 372. The van der Waals surface area contributed by atoms with Gasteiger partial charge in [-0.15, -0.1) is 0 Å². The van der Waals surface area contributed by atoms with Gasteiger partial charge in [-0.05, 0) is 16.6 Å². The fourth-order valence-electron chi connectivity index (χ4n) is 3.01. The molecular weight excluding hydrogens is 244 g/mol. The maximum Gasteiger partial charge on any atom is 0.258 e. The minimum Gasteiger partial charge on any atom is -0.541 e. The Morgan fingerprint density at radius 3 is 1.94 bits per heavy atom. The highest BCUT2D eigenvalue weighted by Gasteiger charge is 2.47. The molecule has 0 aliphatic carbocycles. The first kappa shape index (κ1) is 15.0. The van der Waals surface area contributed by atoms with Crippen molar-refractivity contribution in [3.05, 3.63) is 18.1 Å². The Balaban J connectivity index is 3.07. The van der Waals surface area contributed by atoms with Crippen molar-refractivity contribution in [2.24, 2.45) is 0 Å². The van der Waals surface area contributed by atoms with E-state index in [0.29, 0.717) is 34.4 Å². The Kier molecular flexibility index (Phi) is 4.79. The molecule has 1 rings (SSSR count). The molecule has 0 spiro atoms. The average molecular weight is 268 g/mol. The van der Waals surface area contributed by atoms with E-state index in [2.05, 4.69) is 41.5 Å². The van der Waals surface area contributed by atoms with Crippen LogP contribution in [0.15, 0.2) is 16.7 Å². The number of hydrogen-bond donors (Lipinski definition) is 0. The van der Waals surface area contributed by atoms with Gasteiger partial charge in [0.05, 0.1) is 0 Å². The second kappa shape index (κ2) is 5.74. The van der Waals surface area contributed by atoms with E-state index in [9.17, 15) is 4.79 Å². The van der Waals surface area contributed by atoms with Crippen molar-refractivity contribution in [2.45, 2.75) is 58.2 Å². The zero-order valence-corrected chi connectivity index (χ0v) is 13.2. The van der Waals surface area contributed by atoms with Gasteiger partial charge in [0.15, 0.2) is 12.0 Å². The molecule has 1 aromatic heterocycles. The zero-order valence-electron chi connectivity index (χ0n) is 12.2. The van der Waals surface area contributed by atoms with Crippen LogP contribution in [-0.2, 0) is 0 Å². The van der Waals surface area contributed by atoms with Gasteiger partial charge in [0.2, 0.25) is 0 Å². The van der Waals surface area contributed by atoms with E-state index in [1.54, 1.807) is 12.3 Å². The normalized spacial score (nSPS) is 12.5. The molecule has 0 aliphatic rings. The summed E-state index contributed by atoms with van der Waals surface area (Å²) in [6, 6.07) is 1.68. The first-order valence-corrected chi connectivity index (χ1v) is 8.71. The number of carbonyl (C=O) groups excluding carboxylic acids is 1. The highest BCUT2D eigenvalue weighted by molar-refractivity contribution is 6.78. The summed E-state index contributed by atoms with van der Waals surface area (Å²) in [5.74, 6) is 1.02. The van der Waals surface area contributed by atoms with Crippen LogP contribution in [0.25, 0.3) is 0 Å². The van der Waals surface area contributed by atoms with Crippen LogP contribution in [0.1, 0.15) is 52.1 Å². The van der Waals surface area contributed by atoms with Crippen LogP contribution in [0.4, 0.5) is 0 Å². The molecule has 3 nitrogen and oxygen atoms in total. The third-order valence-electron chi connectivity index (χ3n) is 3.71. The van der Waals surface area contributed by atoms with Crippen molar-refractivity contribution < 1.29 is 13.6 Å². The quantitative estimate of drug-likeness (QED) is 0.557. The van der Waals surface area contributed by atoms with Gasteiger partial charge in [-0.3, -0.25) is 4.79 Å². The molecule has 0 fully saturated rings. The van der Waals surface area contributed by atoms with Crippen LogP contribution in [-0.4, -0.2) is 14.6 Å². The molecule has 0 radical (unpaired) electrons. The Hall–Kier alpha value is -1.03. The van der Waals surface area contributed by atoms with Gasteiger partial charge in [0.1, 0.15) is 12.0 Å². The second-order valence-corrected chi connectivity index (χ2v) is 11.1. The first-order chi connectivity index (χ1) is 8.34. The van der Waals surface area contributed by atoms with Crippen molar-refractivity contribution in [1.82, 2.24) is 0 Å². The monoisotopic (exact) mass is 268 g/mol. The Morgan fingerprint density at radius 1 is 1.11 bits per heavy atom. The largest absolute Gasteiger partial charge is 0.541 e. The van der Waals surface area contributed by atoms with Crippen LogP contribution >= 0.6 is 0 Å². The lowest BCUT2D eigenvalue weighted by Crippen LogP contribution is -2.50. The lowest BCUT2D eigenvalue weighted by molar-refractivity contribution is 0.110. The number of carbonyl (C=O) groups is 1. The van der Waals surface area contributed by atoms with Gasteiger partial charge in [-0.1, -0.05) is 41.5 Å². The summed E-state index contributed by atoms with van der Waals surface area (Å²) in [5, 5.41) is 0. The summed E-state index contributed by atoms with van der Waals surface area (Å²) in [6.45, 7) is 13.4. The molecule has 0 atom stereocenters.